The lowest BCUT2D eigenvalue weighted by molar-refractivity contribution is -0.140. The summed E-state index contributed by atoms with van der Waals surface area (Å²) in [6.45, 7) is 0. The molecule has 2 fully saturated rings. The van der Waals surface area contributed by atoms with Crippen LogP contribution in [0.4, 0.5) is 0 Å². The average Bonchev–Trinajstić information content (AvgIpc) is 3.03. The second kappa shape index (κ2) is 4.50. The van der Waals surface area contributed by atoms with Crippen LogP contribution in [0.3, 0.4) is 0 Å². The van der Waals surface area contributed by atoms with Gasteiger partial charge in [0.1, 0.15) is 11.9 Å². The Labute approximate surface area is 111 Å². The molecule has 18 heavy (non-hydrogen) atoms. The first-order chi connectivity index (χ1) is 8.72. The minimum absolute atomic E-state index is 0.237. The second-order valence-electron chi connectivity index (χ2n) is 4.99. The summed E-state index contributed by atoms with van der Waals surface area (Å²) in [6.07, 6.45) is 2.74. The quantitative estimate of drug-likeness (QED) is 0.908. The second-order valence-corrected chi connectivity index (χ2v) is 6.14. The van der Waals surface area contributed by atoms with Crippen LogP contribution in [0.25, 0.3) is 0 Å². The van der Waals surface area contributed by atoms with Crippen LogP contribution in [0.2, 0.25) is 0 Å². The van der Waals surface area contributed by atoms with E-state index in [1.807, 2.05) is 36.0 Å². The van der Waals surface area contributed by atoms with Crippen LogP contribution in [0.1, 0.15) is 24.8 Å². The molecule has 4 heteroatoms. The van der Waals surface area contributed by atoms with Crippen LogP contribution in [0.5, 0.6) is 5.75 Å². The molecule has 0 bridgehead atoms. The van der Waals surface area contributed by atoms with Gasteiger partial charge in [-0.25, -0.2) is 0 Å². The summed E-state index contributed by atoms with van der Waals surface area (Å²) in [5.74, 6) is 2.19. The zero-order chi connectivity index (χ0) is 12.6. The Morgan fingerprint density at radius 3 is 2.78 bits per heavy atom. The molecule has 0 radical (unpaired) electrons. The highest BCUT2D eigenvalue weighted by atomic mass is 32.2. The van der Waals surface area contributed by atoms with E-state index in [2.05, 4.69) is 0 Å². The first kappa shape index (κ1) is 11.9. The van der Waals surface area contributed by atoms with Crippen molar-refractivity contribution in [2.24, 2.45) is 0 Å². The molecule has 96 valence electrons. The Morgan fingerprint density at radius 2 is 2.17 bits per heavy atom. The summed E-state index contributed by atoms with van der Waals surface area (Å²) >= 11 is 1.90. The van der Waals surface area contributed by atoms with Crippen molar-refractivity contribution >= 4 is 17.7 Å². The molecule has 3 rings (SSSR count). The van der Waals surface area contributed by atoms with Gasteiger partial charge in [-0.15, -0.1) is 0 Å². The predicted molar refractivity (Wildman–Crippen MR) is 71.3 cm³/mol. The zero-order valence-electron chi connectivity index (χ0n) is 10.1. The van der Waals surface area contributed by atoms with Gasteiger partial charge in [0.2, 0.25) is 0 Å². The predicted octanol–water partition coefficient (Wildman–Crippen LogP) is 2.69. The highest BCUT2D eigenvalue weighted by Crippen LogP contribution is 2.51. The molecular weight excluding hydrogens is 248 g/mol. The van der Waals surface area contributed by atoms with Gasteiger partial charge in [-0.3, -0.25) is 4.79 Å². The molecule has 1 heterocycles. The number of hydrogen-bond acceptors (Lipinski definition) is 3. The zero-order valence-corrected chi connectivity index (χ0v) is 10.9. The minimum atomic E-state index is -0.723. The van der Waals surface area contributed by atoms with E-state index in [-0.39, 0.29) is 6.10 Å². The summed E-state index contributed by atoms with van der Waals surface area (Å²) in [4.78, 5) is 11.4. The Kier molecular flexibility index (Phi) is 2.98. The lowest BCUT2D eigenvalue weighted by atomic mass is 9.95. The Bertz CT molecular complexity index is 462. The van der Waals surface area contributed by atoms with Crippen LogP contribution in [-0.2, 0) is 10.2 Å². The highest BCUT2D eigenvalue weighted by molar-refractivity contribution is 7.99. The highest BCUT2D eigenvalue weighted by Gasteiger charge is 2.53. The molecule has 0 spiro atoms. The normalized spacial score (nSPS) is 24.8. The van der Waals surface area contributed by atoms with Gasteiger partial charge >= 0.3 is 5.97 Å². The first-order valence-electron chi connectivity index (χ1n) is 6.30. The van der Waals surface area contributed by atoms with Crippen molar-refractivity contribution in [2.75, 3.05) is 11.5 Å². The fourth-order valence-electron chi connectivity index (χ4n) is 2.47. The molecule has 0 aromatic heterocycles. The van der Waals surface area contributed by atoms with Crippen LogP contribution < -0.4 is 4.74 Å². The van der Waals surface area contributed by atoms with Gasteiger partial charge in [0.25, 0.3) is 0 Å². The van der Waals surface area contributed by atoms with Gasteiger partial charge < -0.3 is 9.84 Å². The molecule has 1 N–H and O–H groups in total. The number of ether oxygens (including phenoxy) is 1. The lowest BCUT2D eigenvalue weighted by Gasteiger charge is -2.19. The summed E-state index contributed by atoms with van der Waals surface area (Å²) in [7, 11) is 0. The van der Waals surface area contributed by atoms with Crippen LogP contribution in [0.15, 0.2) is 24.3 Å². The van der Waals surface area contributed by atoms with E-state index in [9.17, 15) is 9.90 Å². The van der Waals surface area contributed by atoms with Gasteiger partial charge in [-0.1, -0.05) is 18.2 Å². The van der Waals surface area contributed by atoms with E-state index in [0.717, 1.165) is 42.1 Å². The minimum Gasteiger partial charge on any atom is -0.489 e. The van der Waals surface area contributed by atoms with Crippen molar-refractivity contribution < 1.29 is 14.6 Å². The van der Waals surface area contributed by atoms with Gasteiger partial charge in [-0.05, 0) is 31.1 Å². The van der Waals surface area contributed by atoms with Crippen LogP contribution in [-0.4, -0.2) is 28.7 Å². The first-order valence-corrected chi connectivity index (χ1v) is 7.45. The van der Waals surface area contributed by atoms with Gasteiger partial charge in [-0.2, -0.15) is 11.8 Å². The molecule has 3 nitrogen and oxygen atoms in total. The van der Waals surface area contributed by atoms with Crippen molar-refractivity contribution in [3.63, 3.8) is 0 Å². The van der Waals surface area contributed by atoms with Crippen LogP contribution >= 0.6 is 11.8 Å². The number of aliphatic carboxylic acids is 1. The lowest BCUT2D eigenvalue weighted by Crippen LogP contribution is -2.23. The topological polar surface area (TPSA) is 46.5 Å². The molecule has 1 aliphatic carbocycles. The Hall–Kier alpha value is -1.16. The number of para-hydroxylation sites is 1. The number of carboxylic acids is 1. The molecule has 2 aliphatic rings. The number of hydrogen-bond donors (Lipinski definition) is 1. The fourth-order valence-corrected chi connectivity index (χ4v) is 3.57. The average molecular weight is 264 g/mol. The summed E-state index contributed by atoms with van der Waals surface area (Å²) in [6, 6.07) is 7.62. The van der Waals surface area contributed by atoms with E-state index < -0.39 is 11.4 Å². The molecule has 1 saturated carbocycles. The van der Waals surface area contributed by atoms with E-state index in [4.69, 9.17) is 4.74 Å². The van der Waals surface area contributed by atoms with Crippen molar-refractivity contribution in [1.29, 1.82) is 0 Å². The monoisotopic (exact) mass is 264 g/mol. The summed E-state index contributed by atoms with van der Waals surface area (Å²) < 4.78 is 6.00. The molecule has 1 saturated heterocycles. The van der Waals surface area contributed by atoms with E-state index >= 15 is 0 Å². The third-order valence-corrected chi connectivity index (χ3v) is 4.88. The summed E-state index contributed by atoms with van der Waals surface area (Å²) in [5, 5.41) is 9.38. The van der Waals surface area contributed by atoms with E-state index in [0.29, 0.717) is 0 Å². The molecule has 1 atom stereocenters. The number of benzene rings is 1. The van der Waals surface area contributed by atoms with E-state index in [1.54, 1.807) is 0 Å². The van der Waals surface area contributed by atoms with Crippen molar-refractivity contribution in [1.82, 2.24) is 0 Å². The number of carbonyl (C=O) groups is 1. The van der Waals surface area contributed by atoms with Crippen molar-refractivity contribution in [2.45, 2.75) is 30.8 Å². The van der Waals surface area contributed by atoms with Crippen LogP contribution in [0, 0.1) is 0 Å². The molecule has 1 unspecified atom stereocenters. The standard InChI is InChI=1S/C14H16O3S/c15-13(16)14(6-7-14)11-3-1-2-4-12(11)17-10-5-8-18-9-10/h1-4,10H,5-9H2,(H,15,16). The molecule has 1 aliphatic heterocycles. The largest absolute Gasteiger partial charge is 0.489 e. The molecule has 1 aromatic rings. The smallest absolute Gasteiger partial charge is 0.314 e. The number of thioether (sulfide) groups is 1. The Morgan fingerprint density at radius 1 is 1.39 bits per heavy atom. The van der Waals surface area contributed by atoms with Crippen molar-refractivity contribution in [3.8, 4) is 5.75 Å². The maximum Gasteiger partial charge on any atom is 0.314 e. The number of carboxylic acid groups (broad SMARTS) is 1. The maximum atomic E-state index is 11.4. The molecule has 0 amide bonds. The van der Waals surface area contributed by atoms with Gasteiger partial charge in [0.15, 0.2) is 0 Å². The third-order valence-electron chi connectivity index (χ3n) is 3.74. The van der Waals surface area contributed by atoms with E-state index in [1.165, 1.54) is 0 Å². The summed E-state index contributed by atoms with van der Waals surface area (Å²) in [5.41, 5.74) is 0.178. The van der Waals surface area contributed by atoms with Gasteiger partial charge in [0, 0.05) is 11.3 Å². The van der Waals surface area contributed by atoms with Gasteiger partial charge in [0.05, 0.1) is 5.41 Å². The third kappa shape index (κ3) is 1.99. The molecule has 1 aromatic carbocycles. The molecular formula is C14H16O3S. The fraction of sp³-hybridized carbons (Fsp3) is 0.500. The Balaban J connectivity index is 1.88. The number of rotatable bonds is 4. The van der Waals surface area contributed by atoms with Crippen molar-refractivity contribution in [3.05, 3.63) is 29.8 Å². The SMILES string of the molecule is O=C(O)C1(c2ccccc2OC2CCSC2)CC1. The maximum absolute atomic E-state index is 11.4.